The molecule has 0 bridgehead atoms. The van der Waals surface area contributed by atoms with Crippen molar-refractivity contribution < 1.29 is 4.42 Å². The first-order valence-electron chi connectivity index (χ1n) is 17.8. The molecule has 0 saturated carbocycles. The smallest absolute Gasteiger partial charge is 0.143 e. The fourth-order valence-corrected chi connectivity index (χ4v) is 7.80. The van der Waals surface area contributed by atoms with Crippen LogP contribution in [0.3, 0.4) is 0 Å². The summed E-state index contributed by atoms with van der Waals surface area (Å²) in [5, 5.41) is 7.06. The lowest BCUT2D eigenvalue weighted by Gasteiger charge is -2.28. The Bertz CT molecular complexity index is 2880. The second kappa shape index (κ2) is 12.5. The molecule has 2 nitrogen and oxygen atoms in total. The molecule has 0 unspecified atom stereocenters. The Morgan fingerprint density at radius 3 is 1.67 bits per heavy atom. The van der Waals surface area contributed by atoms with Crippen LogP contribution in [0, 0.1) is 0 Å². The number of fused-ring (bicyclic) bond motifs is 6. The SMILES string of the molecule is c1ccc(-c2ccc(N(c3ccc(-c4cccc5c4ccc4c6ccccc6oc54)cc3)c3ccccc3-c3cccc4ccccc34)cc2)cc1. The fraction of sp³-hybridized carbons (Fsp3) is 0. The van der Waals surface area contributed by atoms with Gasteiger partial charge in [0.25, 0.3) is 0 Å². The van der Waals surface area contributed by atoms with E-state index in [0.29, 0.717) is 0 Å². The molecular formula is C50H33NO. The zero-order valence-electron chi connectivity index (χ0n) is 28.4. The van der Waals surface area contributed by atoms with Crippen LogP contribution in [0.2, 0.25) is 0 Å². The highest BCUT2D eigenvalue weighted by molar-refractivity contribution is 6.17. The van der Waals surface area contributed by atoms with E-state index in [1.54, 1.807) is 0 Å². The number of benzene rings is 9. The van der Waals surface area contributed by atoms with Gasteiger partial charge in [-0.1, -0.05) is 158 Å². The summed E-state index contributed by atoms with van der Waals surface area (Å²) in [6.45, 7) is 0. The normalized spacial score (nSPS) is 11.5. The van der Waals surface area contributed by atoms with E-state index in [4.69, 9.17) is 4.42 Å². The van der Waals surface area contributed by atoms with E-state index in [2.05, 4.69) is 193 Å². The summed E-state index contributed by atoms with van der Waals surface area (Å²) >= 11 is 0. The van der Waals surface area contributed by atoms with E-state index in [-0.39, 0.29) is 0 Å². The Morgan fingerprint density at radius 1 is 0.308 bits per heavy atom. The van der Waals surface area contributed by atoms with Crippen molar-refractivity contribution >= 4 is 60.5 Å². The lowest BCUT2D eigenvalue weighted by Crippen LogP contribution is -2.11. The minimum Gasteiger partial charge on any atom is -0.455 e. The first-order chi connectivity index (χ1) is 25.8. The molecule has 0 N–H and O–H groups in total. The van der Waals surface area contributed by atoms with Crippen LogP contribution in [0.25, 0.3) is 76.9 Å². The zero-order chi connectivity index (χ0) is 34.4. The van der Waals surface area contributed by atoms with E-state index in [1.807, 2.05) is 12.1 Å². The quantitative estimate of drug-likeness (QED) is 0.176. The Kier molecular flexibility index (Phi) is 7.18. The summed E-state index contributed by atoms with van der Waals surface area (Å²) in [5.41, 5.74) is 12.3. The van der Waals surface area contributed by atoms with Crippen molar-refractivity contribution in [2.24, 2.45) is 0 Å². The van der Waals surface area contributed by atoms with Crippen LogP contribution in [-0.4, -0.2) is 0 Å². The van der Waals surface area contributed by atoms with Gasteiger partial charge >= 0.3 is 0 Å². The summed E-state index contributed by atoms with van der Waals surface area (Å²) in [6.07, 6.45) is 0. The minimum atomic E-state index is 0.917. The molecule has 0 aliphatic rings. The molecule has 9 aromatic carbocycles. The van der Waals surface area contributed by atoms with Gasteiger partial charge in [-0.15, -0.1) is 0 Å². The summed E-state index contributed by atoms with van der Waals surface area (Å²) in [4.78, 5) is 2.39. The van der Waals surface area contributed by atoms with E-state index >= 15 is 0 Å². The van der Waals surface area contributed by atoms with Crippen molar-refractivity contribution in [3.05, 3.63) is 200 Å². The fourth-order valence-electron chi connectivity index (χ4n) is 7.80. The summed E-state index contributed by atoms with van der Waals surface area (Å²) in [7, 11) is 0. The van der Waals surface area contributed by atoms with Crippen molar-refractivity contribution in [3.63, 3.8) is 0 Å². The number of rotatable bonds is 6. The van der Waals surface area contributed by atoms with Crippen LogP contribution >= 0.6 is 0 Å². The number of hydrogen-bond acceptors (Lipinski definition) is 2. The maximum Gasteiger partial charge on any atom is 0.143 e. The second-order valence-corrected chi connectivity index (χ2v) is 13.3. The van der Waals surface area contributed by atoms with Crippen molar-refractivity contribution in [1.29, 1.82) is 0 Å². The molecule has 52 heavy (non-hydrogen) atoms. The van der Waals surface area contributed by atoms with Crippen LogP contribution in [-0.2, 0) is 0 Å². The number of nitrogens with zero attached hydrogens (tertiary/aromatic N) is 1. The van der Waals surface area contributed by atoms with Gasteiger partial charge in [-0.2, -0.15) is 0 Å². The van der Waals surface area contributed by atoms with Gasteiger partial charge in [0, 0.05) is 33.1 Å². The second-order valence-electron chi connectivity index (χ2n) is 13.3. The third-order valence-corrected chi connectivity index (χ3v) is 10.3. The summed E-state index contributed by atoms with van der Waals surface area (Å²) < 4.78 is 6.41. The highest BCUT2D eigenvalue weighted by Gasteiger charge is 2.19. The summed E-state index contributed by atoms with van der Waals surface area (Å²) in [6, 6.07) is 71.7. The van der Waals surface area contributed by atoms with Gasteiger partial charge in [-0.3, -0.25) is 0 Å². The van der Waals surface area contributed by atoms with Crippen LogP contribution in [0.15, 0.2) is 205 Å². The maximum absolute atomic E-state index is 6.41. The average Bonchev–Trinajstić information content (AvgIpc) is 3.61. The molecule has 0 fully saturated rings. The van der Waals surface area contributed by atoms with E-state index in [1.165, 1.54) is 44.0 Å². The zero-order valence-corrected chi connectivity index (χ0v) is 28.4. The van der Waals surface area contributed by atoms with E-state index in [9.17, 15) is 0 Å². The van der Waals surface area contributed by atoms with Gasteiger partial charge in [0.05, 0.1) is 5.69 Å². The molecule has 10 rings (SSSR count). The average molecular weight is 664 g/mol. The van der Waals surface area contributed by atoms with Crippen molar-refractivity contribution in [2.75, 3.05) is 4.90 Å². The van der Waals surface area contributed by atoms with Gasteiger partial charge in [0.1, 0.15) is 11.2 Å². The van der Waals surface area contributed by atoms with Crippen LogP contribution in [0.5, 0.6) is 0 Å². The van der Waals surface area contributed by atoms with Crippen LogP contribution in [0.4, 0.5) is 17.1 Å². The van der Waals surface area contributed by atoms with Crippen LogP contribution in [0.1, 0.15) is 0 Å². The third kappa shape index (κ3) is 5.04. The molecular weight excluding hydrogens is 631 g/mol. The van der Waals surface area contributed by atoms with Crippen molar-refractivity contribution in [3.8, 4) is 33.4 Å². The molecule has 0 saturated heterocycles. The van der Waals surface area contributed by atoms with Gasteiger partial charge in [-0.05, 0) is 86.4 Å². The monoisotopic (exact) mass is 663 g/mol. The molecule has 1 heterocycles. The molecule has 0 radical (unpaired) electrons. The number of anilines is 3. The molecule has 2 heteroatoms. The van der Waals surface area contributed by atoms with Gasteiger partial charge in [-0.25, -0.2) is 0 Å². The lowest BCUT2D eigenvalue weighted by molar-refractivity contribution is 0.672. The maximum atomic E-state index is 6.41. The number of para-hydroxylation sites is 2. The van der Waals surface area contributed by atoms with Crippen molar-refractivity contribution in [1.82, 2.24) is 0 Å². The highest BCUT2D eigenvalue weighted by atomic mass is 16.3. The largest absolute Gasteiger partial charge is 0.455 e. The molecule has 0 atom stereocenters. The minimum absolute atomic E-state index is 0.917. The third-order valence-electron chi connectivity index (χ3n) is 10.3. The number of hydrogen-bond donors (Lipinski definition) is 0. The Labute approximate surface area is 302 Å². The van der Waals surface area contributed by atoms with Crippen LogP contribution < -0.4 is 4.90 Å². The first-order valence-corrected chi connectivity index (χ1v) is 17.8. The molecule has 1 aromatic heterocycles. The lowest BCUT2D eigenvalue weighted by atomic mass is 9.95. The van der Waals surface area contributed by atoms with Gasteiger partial charge < -0.3 is 9.32 Å². The predicted octanol–water partition coefficient (Wildman–Crippen LogP) is 14.4. The molecule has 10 aromatic rings. The van der Waals surface area contributed by atoms with Gasteiger partial charge in [0.2, 0.25) is 0 Å². The molecule has 0 aliphatic carbocycles. The Balaban J connectivity index is 1.11. The summed E-state index contributed by atoms with van der Waals surface area (Å²) in [5.74, 6) is 0. The number of furan rings is 1. The molecule has 0 aliphatic heterocycles. The van der Waals surface area contributed by atoms with E-state index < -0.39 is 0 Å². The van der Waals surface area contributed by atoms with E-state index in [0.717, 1.165) is 50.0 Å². The first kappa shape index (κ1) is 30.0. The highest BCUT2D eigenvalue weighted by Crippen LogP contribution is 2.44. The standard InChI is InChI=1S/C50H33NO/c1-2-12-34(13-3-1)35-24-28-38(29-25-35)51(48-22-8-6-17-44(48)42-20-10-15-36-14-4-5-16-40(36)42)39-30-26-37(27-31-39)41-19-11-21-46-43(41)32-33-47-45-18-7-9-23-49(45)52-50(46)47/h1-33H. The Morgan fingerprint density at radius 2 is 0.846 bits per heavy atom. The predicted molar refractivity (Wildman–Crippen MR) is 220 cm³/mol. The topological polar surface area (TPSA) is 16.4 Å². The molecule has 0 amide bonds. The van der Waals surface area contributed by atoms with Crippen molar-refractivity contribution in [2.45, 2.75) is 0 Å². The molecule has 0 spiro atoms. The van der Waals surface area contributed by atoms with Gasteiger partial charge in [0.15, 0.2) is 0 Å². The molecule has 244 valence electrons. The Hall–Kier alpha value is -6.90.